The molecule has 0 saturated carbocycles. The van der Waals surface area contributed by atoms with Crippen LogP contribution in [0.4, 0.5) is 0 Å². The molecule has 2 aliphatic rings. The molecule has 4 atom stereocenters. The van der Waals surface area contributed by atoms with E-state index in [9.17, 15) is 15.0 Å². The lowest BCUT2D eigenvalue weighted by atomic mass is 9.85. The van der Waals surface area contributed by atoms with Crippen LogP contribution in [0.3, 0.4) is 0 Å². The second-order valence-corrected chi connectivity index (χ2v) is 5.49. The molecule has 0 bridgehead atoms. The summed E-state index contributed by atoms with van der Waals surface area (Å²) in [6.45, 7) is 7.47. The van der Waals surface area contributed by atoms with E-state index in [1.165, 1.54) is 0 Å². The smallest absolute Gasteiger partial charge is 0.334 e. The van der Waals surface area contributed by atoms with E-state index in [-0.39, 0.29) is 0 Å². The minimum absolute atomic E-state index is 0.329. The van der Waals surface area contributed by atoms with E-state index in [0.717, 1.165) is 11.1 Å². The van der Waals surface area contributed by atoms with E-state index in [4.69, 9.17) is 4.74 Å². The van der Waals surface area contributed by atoms with Gasteiger partial charge in [-0.05, 0) is 32.8 Å². The quantitative estimate of drug-likeness (QED) is 0.395. The van der Waals surface area contributed by atoms with Crippen LogP contribution >= 0.6 is 0 Å². The maximum Gasteiger partial charge on any atom is 0.334 e. The summed E-state index contributed by atoms with van der Waals surface area (Å²) in [6, 6.07) is 0. The van der Waals surface area contributed by atoms with E-state index in [1.807, 2.05) is 19.9 Å². The molecule has 1 aliphatic carbocycles. The number of carbonyl (C=O) groups excluding carboxylic acids is 1. The molecule has 4 nitrogen and oxygen atoms in total. The number of fused-ring (bicyclic) bond motifs is 1. The Labute approximate surface area is 113 Å². The molecule has 4 heteroatoms. The SMILES string of the molecule is C=C1C(=O)O[C@@H]2/C=C(\C)C[C@H](O)/C=C(\C)C[C@@H](O)[C@@H]12. The number of rotatable bonds is 0. The Bertz CT molecular complexity index is 461. The summed E-state index contributed by atoms with van der Waals surface area (Å²) in [4.78, 5) is 11.6. The molecule has 2 N–H and O–H groups in total. The summed E-state index contributed by atoms with van der Waals surface area (Å²) in [5.74, 6) is -0.847. The monoisotopic (exact) mass is 264 g/mol. The number of ether oxygens (including phenoxy) is 1. The normalized spacial score (nSPS) is 41.7. The number of hydrogen-bond donors (Lipinski definition) is 2. The van der Waals surface area contributed by atoms with Crippen LogP contribution in [0.1, 0.15) is 26.7 Å². The molecule has 0 unspecified atom stereocenters. The van der Waals surface area contributed by atoms with Crippen molar-refractivity contribution >= 4 is 5.97 Å². The van der Waals surface area contributed by atoms with Crippen LogP contribution in [-0.4, -0.2) is 34.5 Å². The Kier molecular flexibility index (Phi) is 3.92. The van der Waals surface area contributed by atoms with Crippen molar-refractivity contribution in [3.05, 3.63) is 35.5 Å². The average Bonchev–Trinajstić information content (AvgIpc) is 2.52. The summed E-state index contributed by atoms with van der Waals surface area (Å²) in [5, 5.41) is 20.2. The molecule has 1 heterocycles. The van der Waals surface area contributed by atoms with Gasteiger partial charge in [0.25, 0.3) is 0 Å². The molecule has 0 aromatic rings. The fraction of sp³-hybridized carbons (Fsp3) is 0.533. The second kappa shape index (κ2) is 5.31. The highest BCUT2D eigenvalue weighted by Gasteiger charge is 2.42. The summed E-state index contributed by atoms with van der Waals surface area (Å²) >= 11 is 0. The first-order valence-corrected chi connectivity index (χ1v) is 6.49. The van der Waals surface area contributed by atoms with Gasteiger partial charge in [0.05, 0.1) is 18.1 Å². The van der Waals surface area contributed by atoms with Gasteiger partial charge >= 0.3 is 5.97 Å². The summed E-state index contributed by atoms with van der Waals surface area (Å²) in [5.41, 5.74) is 2.17. The van der Waals surface area contributed by atoms with E-state index in [2.05, 4.69) is 6.58 Å². The zero-order valence-electron chi connectivity index (χ0n) is 11.3. The Balaban J connectivity index is 2.36. The largest absolute Gasteiger partial charge is 0.454 e. The Morgan fingerprint density at radius 2 is 1.84 bits per heavy atom. The average molecular weight is 264 g/mol. The molecular weight excluding hydrogens is 244 g/mol. The van der Waals surface area contributed by atoms with E-state index in [1.54, 1.807) is 6.08 Å². The van der Waals surface area contributed by atoms with Crippen LogP contribution < -0.4 is 0 Å². The molecule has 2 rings (SSSR count). The van der Waals surface area contributed by atoms with E-state index >= 15 is 0 Å². The molecule has 0 aromatic carbocycles. The first kappa shape index (κ1) is 14.0. The molecule has 19 heavy (non-hydrogen) atoms. The Hall–Kier alpha value is -1.39. The van der Waals surface area contributed by atoms with Gasteiger partial charge in [-0.25, -0.2) is 4.79 Å². The minimum Gasteiger partial charge on any atom is -0.454 e. The van der Waals surface area contributed by atoms with Gasteiger partial charge < -0.3 is 14.9 Å². The number of carbonyl (C=O) groups is 1. The molecule has 1 fully saturated rings. The highest BCUT2D eigenvalue weighted by atomic mass is 16.6. The molecule has 1 saturated heterocycles. The topological polar surface area (TPSA) is 66.8 Å². The molecule has 0 aromatic heterocycles. The summed E-state index contributed by atoms with van der Waals surface area (Å²) in [7, 11) is 0. The summed E-state index contributed by atoms with van der Waals surface area (Å²) < 4.78 is 5.24. The first-order valence-electron chi connectivity index (χ1n) is 6.49. The Morgan fingerprint density at radius 3 is 2.53 bits per heavy atom. The second-order valence-electron chi connectivity index (χ2n) is 5.49. The van der Waals surface area contributed by atoms with Crippen LogP contribution in [0.2, 0.25) is 0 Å². The summed E-state index contributed by atoms with van der Waals surface area (Å²) in [6.07, 6.45) is 2.69. The fourth-order valence-corrected chi connectivity index (χ4v) is 2.79. The van der Waals surface area contributed by atoms with Gasteiger partial charge in [-0.15, -0.1) is 0 Å². The lowest BCUT2D eigenvalue weighted by Crippen LogP contribution is -2.29. The van der Waals surface area contributed by atoms with Crippen LogP contribution in [0.5, 0.6) is 0 Å². The van der Waals surface area contributed by atoms with Crippen molar-refractivity contribution < 1.29 is 19.7 Å². The molecule has 0 spiro atoms. The van der Waals surface area contributed by atoms with Crippen LogP contribution in [0.25, 0.3) is 0 Å². The third-order valence-corrected chi connectivity index (χ3v) is 3.66. The van der Waals surface area contributed by atoms with Crippen molar-refractivity contribution in [2.75, 3.05) is 0 Å². The zero-order chi connectivity index (χ0) is 14.2. The lowest BCUT2D eigenvalue weighted by Gasteiger charge is -2.23. The highest BCUT2D eigenvalue weighted by molar-refractivity contribution is 5.91. The van der Waals surface area contributed by atoms with Crippen LogP contribution in [-0.2, 0) is 9.53 Å². The van der Waals surface area contributed by atoms with Crippen LogP contribution in [0.15, 0.2) is 35.5 Å². The lowest BCUT2D eigenvalue weighted by molar-refractivity contribution is -0.137. The maximum atomic E-state index is 11.6. The minimum atomic E-state index is -0.727. The van der Waals surface area contributed by atoms with Crippen molar-refractivity contribution in [1.82, 2.24) is 0 Å². The van der Waals surface area contributed by atoms with Gasteiger partial charge in [0.2, 0.25) is 0 Å². The molecule has 1 aliphatic heterocycles. The van der Waals surface area contributed by atoms with Crippen LogP contribution in [0, 0.1) is 5.92 Å². The fourth-order valence-electron chi connectivity index (χ4n) is 2.79. The molecular formula is C15H20O4. The van der Waals surface area contributed by atoms with Gasteiger partial charge in [0.1, 0.15) is 6.10 Å². The molecule has 0 radical (unpaired) electrons. The highest BCUT2D eigenvalue weighted by Crippen LogP contribution is 2.34. The van der Waals surface area contributed by atoms with Crippen molar-refractivity contribution in [3.8, 4) is 0 Å². The maximum absolute atomic E-state index is 11.6. The number of aliphatic hydroxyl groups excluding tert-OH is 2. The Morgan fingerprint density at radius 1 is 1.21 bits per heavy atom. The van der Waals surface area contributed by atoms with Crippen molar-refractivity contribution in [1.29, 1.82) is 0 Å². The number of hydrogen-bond acceptors (Lipinski definition) is 4. The van der Waals surface area contributed by atoms with Gasteiger partial charge in [0.15, 0.2) is 0 Å². The molecule has 104 valence electrons. The predicted molar refractivity (Wildman–Crippen MR) is 71.3 cm³/mol. The number of aliphatic hydroxyl groups is 2. The number of esters is 1. The van der Waals surface area contributed by atoms with Crippen molar-refractivity contribution in [3.63, 3.8) is 0 Å². The first-order chi connectivity index (χ1) is 8.88. The predicted octanol–water partition coefficient (Wildman–Crippen LogP) is 1.49. The van der Waals surface area contributed by atoms with Crippen molar-refractivity contribution in [2.45, 2.75) is 45.0 Å². The van der Waals surface area contributed by atoms with Gasteiger partial charge in [-0.2, -0.15) is 0 Å². The third kappa shape index (κ3) is 2.96. The zero-order valence-corrected chi connectivity index (χ0v) is 11.3. The van der Waals surface area contributed by atoms with Gasteiger partial charge in [-0.1, -0.05) is 23.8 Å². The standard InChI is InChI=1S/C15H20O4/c1-8-4-11(16)5-9(2)7-13-14(12(17)6-8)10(3)15(18)19-13/h4,7,11-14,16-17H,3,5-6H2,1-2H3/b8-4+,9-7+/t11-,12-,13-,14-/m1/s1. The van der Waals surface area contributed by atoms with Gasteiger partial charge in [-0.3, -0.25) is 0 Å². The van der Waals surface area contributed by atoms with E-state index < -0.39 is 30.2 Å². The molecule has 0 amide bonds. The third-order valence-electron chi connectivity index (χ3n) is 3.66. The van der Waals surface area contributed by atoms with E-state index in [0.29, 0.717) is 18.4 Å². The van der Waals surface area contributed by atoms with Crippen molar-refractivity contribution in [2.24, 2.45) is 5.92 Å². The van der Waals surface area contributed by atoms with Gasteiger partial charge in [0, 0.05) is 5.57 Å².